The summed E-state index contributed by atoms with van der Waals surface area (Å²) in [6.45, 7) is 2.03. The fourth-order valence-electron chi connectivity index (χ4n) is 2.33. The first-order chi connectivity index (χ1) is 12.1. The molecule has 0 radical (unpaired) electrons. The van der Waals surface area contributed by atoms with Crippen molar-refractivity contribution in [3.05, 3.63) is 65.7 Å². The maximum Gasteiger partial charge on any atom is 0.250 e. The molecule has 0 unspecified atom stereocenters. The maximum atomic E-state index is 11.9. The Morgan fingerprint density at radius 2 is 2.00 bits per heavy atom. The first-order valence-electron chi connectivity index (χ1n) is 7.72. The number of hydrogen-bond acceptors (Lipinski definition) is 5. The van der Waals surface area contributed by atoms with Crippen LogP contribution in [-0.2, 0) is 4.79 Å². The quantitative estimate of drug-likeness (QED) is 0.419. The van der Waals surface area contributed by atoms with Crippen LogP contribution in [0.3, 0.4) is 0 Å². The number of carbonyl (C=O) groups is 1. The van der Waals surface area contributed by atoms with Crippen LogP contribution in [0.1, 0.15) is 11.1 Å². The average molecular weight is 351 g/mol. The second-order valence-electron chi connectivity index (χ2n) is 5.44. The maximum absolute atomic E-state index is 11.9. The normalized spacial score (nSPS) is 11.1. The van der Waals surface area contributed by atoms with Gasteiger partial charge in [-0.3, -0.25) is 4.79 Å². The van der Waals surface area contributed by atoms with E-state index in [1.807, 2.05) is 37.3 Å². The van der Waals surface area contributed by atoms with E-state index in [4.69, 9.17) is 0 Å². The number of para-hydroxylation sites is 2. The van der Waals surface area contributed by atoms with Crippen molar-refractivity contribution in [3.8, 4) is 5.75 Å². The van der Waals surface area contributed by atoms with Crippen molar-refractivity contribution in [2.24, 2.45) is 5.10 Å². The molecule has 2 aromatic carbocycles. The third-order valence-electron chi connectivity index (χ3n) is 3.58. The van der Waals surface area contributed by atoms with Crippen LogP contribution >= 0.6 is 11.8 Å². The molecular formula is C19H17N3O2S. The summed E-state index contributed by atoms with van der Waals surface area (Å²) in [6.07, 6.45) is 1.41. The van der Waals surface area contributed by atoms with Gasteiger partial charge in [-0.15, -0.1) is 0 Å². The molecule has 1 amide bonds. The molecule has 0 atom stereocenters. The lowest BCUT2D eigenvalue weighted by Crippen LogP contribution is -2.19. The van der Waals surface area contributed by atoms with Crippen LogP contribution < -0.4 is 5.43 Å². The smallest absolute Gasteiger partial charge is 0.250 e. The molecule has 25 heavy (non-hydrogen) atoms. The number of nitrogens with zero attached hydrogens (tertiary/aromatic N) is 2. The molecule has 0 fully saturated rings. The number of hydrogen-bond donors (Lipinski definition) is 2. The first kappa shape index (κ1) is 17.0. The molecule has 3 rings (SSSR count). The van der Waals surface area contributed by atoms with Gasteiger partial charge in [0.1, 0.15) is 5.75 Å². The van der Waals surface area contributed by atoms with E-state index in [0.29, 0.717) is 5.56 Å². The van der Waals surface area contributed by atoms with Crippen molar-refractivity contribution in [3.63, 3.8) is 0 Å². The number of aryl methyl sites for hydroxylation is 1. The molecule has 3 aromatic rings. The van der Waals surface area contributed by atoms with E-state index in [-0.39, 0.29) is 17.4 Å². The highest BCUT2D eigenvalue weighted by Gasteiger charge is 2.06. The summed E-state index contributed by atoms with van der Waals surface area (Å²) in [7, 11) is 0. The number of thioether (sulfide) groups is 1. The van der Waals surface area contributed by atoms with E-state index < -0.39 is 0 Å². The summed E-state index contributed by atoms with van der Waals surface area (Å²) in [6, 6.07) is 16.7. The van der Waals surface area contributed by atoms with Gasteiger partial charge in [0.05, 0.1) is 22.5 Å². The summed E-state index contributed by atoms with van der Waals surface area (Å²) in [5, 5.41) is 15.4. The summed E-state index contributed by atoms with van der Waals surface area (Å²) in [4.78, 5) is 16.5. The third-order valence-corrected chi connectivity index (χ3v) is 4.49. The summed E-state index contributed by atoms with van der Waals surface area (Å²) in [5.41, 5.74) is 5.05. The number of phenolic OH excluding ortho intramolecular Hbond substituents is 1. The van der Waals surface area contributed by atoms with E-state index >= 15 is 0 Å². The van der Waals surface area contributed by atoms with Gasteiger partial charge in [0.15, 0.2) is 0 Å². The highest BCUT2D eigenvalue weighted by atomic mass is 32.2. The van der Waals surface area contributed by atoms with Crippen LogP contribution in [0.5, 0.6) is 5.75 Å². The standard InChI is InChI=1S/C19H17N3O2S/c1-13-10-19(21-16-8-4-3-7-15(13)16)25-12-18(24)22-20-11-14-6-2-5-9-17(14)23/h2-11,23H,12H2,1H3,(H,22,24)/b20-11+. The molecule has 0 bridgehead atoms. The molecule has 0 spiro atoms. The number of phenols is 1. The van der Waals surface area contributed by atoms with E-state index in [1.54, 1.807) is 24.3 Å². The number of carbonyl (C=O) groups excluding carboxylic acids is 1. The SMILES string of the molecule is Cc1cc(SCC(=O)N/N=C/c2ccccc2O)nc2ccccc12. The summed E-state index contributed by atoms with van der Waals surface area (Å²) < 4.78 is 0. The minimum absolute atomic E-state index is 0.116. The number of fused-ring (bicyclic) bond motifs is 1. The zero-order valence-corrected chi connectivity index (χ0v) is 14.5. The predicted molar refractivity (Wildman–Crippen MR) is 101 cm³/mol. The molecule has 5 nitrogen and oxygen atoms in total. The molecular weight excluding hydrogens is 334 g/mol. The van der Waals surface area contributed by atoms with Gasteiger partial charge in [-0.1, -0.05) is 42.1 Å². The molecule has 0 saturated heterocycles. The Kier molecular flexibility index (Phi) is 5.30. The lowest BCUT2D eigenvalue weighted by molar-refractivity contribution is -0.118. The number of nitrogens with one attached hydrogen (secondary N) is 1. The molecule has 2 N–H and O–H groups in total. The zero-order valence-electron chi connectivity index (χ0n) is 13.6. The minimum atomic E-state index is -0.232. The molecule has 1 aromatic heterocycles. The van der Waals surface area contributed by atoms with Crippen molar-refractivity contribution in [2.75, 3.05) is 5.75 Å². The van der Waals surface area contributed by atoms with Crippen molar-refractivity contribution < 1.29 is 9.90 Å². The highest BCUT2D eigenvalue weighted by Crippen LogP contribution is 2.23. The Bertz CT molecular complexity index is 941. The van der Waals surface area contributed by atoms with Gasteiger partial charge < -0.3 is 5.11 Å². The number of rotatable bonds is 5. The van der Waals surface area contributed by atoms with E-state index in [2.05, 4.69) is 15.5 Å². The fraction of sp³-hybridized carbons (Fsp3) is 0.105. The second kappa shape index (κ2) is 7.81. The van der Waals surface area contributed by atoms with Gasteiger partial charge in [-0.25, -0.2) is 10.4 Å². The number of pyridine rings is 1. The van der Waals surface area contributed by atoms with Crippen molar-refractivity contribution in [2.45, 2.75) is 11.9 Å². The zero-order chi connectivity index (χ0) is 17.6. The van der Waals surface area contributed by atoms with Crippen molar-refractivity contribution in [1.29, 1.82) is 0 Å². The number of aromatic hydroxyl groups is 1. The van der Waals surface area contributed by atoms with Gasteiger partial charge in [0.2, 0.25) is 5.91 Å². The summed E-state index contributed by atoms with van der Waals surface area (Å²) >= 11 is 1.36. The lowest BCUT2D eigenvalue weighted by atomic mass is 10.1. The van der Waals surface area contributed by atoms with Crippen LogP contribution in [-0.4, -0.2) is 28.0 Å². The Morgan fingerprint density at radius 3 is 2.84 bits per heavy atom. The Labute approximate surface area is 149 Å². The molecule has 0 aliphatic rings. The predicted octanol–water partition coefficient (Wildman–Crippen LogP) is 3.49. The molecule has 1 heterocycles. The minimum Gasteiger partial charge on any atom is -0.507 e. The van der Waals surface area contributed by atoms with Gasteiger partial charge in [0.25, 0.3) is 0 Å². The van der Waals surface area contributed by atoms with Crippen LogP contribution in [0.25, 0.3) is 10.9 Å². The number of amides is 1. The Balaban J connectivity index is 1.58. The van der Waals surface area contributed by atoms with Gasteiger partial charge in [-0.2, -0.15) is 5.10 Å². The fourth-order valence-corrected chi connectivity index (χ4v) is 3.10. The van der Waals surface area contributed by atoms with Gasteiger partial charge in [0, 0.05) is 10.9 Å². The van der Waals surface area contributed by atoms with E-state index in [9.17, 15) is 9.90 Å². The molecule has 0 aliphatic heterocycles. The second-order valence-corrected chi connectivity index (χ2v) is 6.43. The topological polar surface area (TPSA) is 74.6 Å². The van der Waals surface area contributed by atoms with E-state index in [0.717, 1.165) is 21.5 Å². The monoisotopic (exact) mass is 351 g/mol. The van der Waals surface area contributed by atoms with Crippen LogP contribution in [0.15, 0.2) is 64.7 Å². The van der Waals surface area contributed by atoms with Gasteiger partial charge in [-0.05, 0) is 36.8 Å². The molecule has 126 valence electrons. The van der Waals surface area contributed by atoms with Crippen molar-refractivity contribution in [1.82, 2.24) is 10.4 Å². The Hall–Kier alpha value is -2.86. The highest BCUT2D eigenvalue weighted by molar-refractivity contribution is 7.99. The van der Waals surface area contributed by atoms with E-state index in [1.165, 1.54) is 18.0 Å². The number of hydrazone groups is 1. The van der Waals surface area contributed by atoms with Gasteiger partial charge >= 0.3 is 0 Å². The average Bonchev–Trinajstić information content (AvgIpc) is 2.62. The lowest BCUT2D eigenvalue weighted by Gasteiger charge is -2.05. The van der Waals surface area contributed by atoms with Crippen LogP contribution in [0.2, 0.25) is 0 Å². The Morgan fingerprint density at radius 1 is 1.24 bits per heavy atom. The third kappa shape index (κ3) is 4.36. The molecule has 0 saturated carbocycles. The summed E-state index contributed by atoms with van der Waals surface area (Å²) in [5.74, 6) is 0.0955. The van der Waals surface area contributed by atoms with Crippen molar-refractivity contribution >= 4 is 34.8 Å². The first-order valence-corrected chi connectivity index (χ1v) is 8.71. The molecule has 0 aliphatic carbocycles. The number of benzene rings is 2. The largest absolute Gasteiger partial charge is 0.507 e. The van der Waals surface area contributed by atoms with Crippen LogP contribution in [0, 0.1) is 6.92 Å². The van der Waals surface area contributed by atoms with Crippen LogP contribution in [0.4, 0.5) is 0 Å². The molecule has 6 heteroatoms. The number of aromatic nitrogens is 1.